The molecule has 0 aliphatic rings. The monoisotopic (exact) mass is 370 g/mol. The summed E-state index contributed by atoms with van der Waals surface area (Å²) in [6.45, 7) is 1.12. The Balaban J connectivity index is 2.17. The standard InChI is InChI=1S/C13H18N6O7/c1-7(21)24-3-9(4-25-8(2)22)26-6-19-13(23)11-10(15-17-19)12(14)16-18(11)5-20/h9,20H,3-6H2,1-2H3,(H2,14,16). The van der Waals surface area contributed by atoms with Gasteiger partial charge in [0.2, 0.25) is 0 Å². The fraction of sp³-hybridized carbons (Fsp3) is 0.538. The summed E-state index contributed by atoms with van der Waals surface area (Å²) in [5, 5.41) is 20.5. The zero-order valence-electron chi connectivity index (χ0n) is 14.1. The van der Waals surface area contributed by atoms with Crippen LogP contribution >= 0.6 is 0 Å². The van der Waals surface area contributed by atoms with Crippen LogP contribution in [0.25, 0.3) is 11.0 Å². The van der Waals surface area contributed by atoms with Crippen molar-refractivity contribution in [1.29, 1.82) is 0 Å². The minimum absolute atomic E-state index is 0.0416. The van der Waals surface area contributed by atoms with Crippen molar-refractivity contribution in [1.82, 2.24) is 24.8 Å². The van der Waals surface area contributed by atoms with Crippen LogP contribution < -0.4 is 11.3 Å². The molecule has 13 nitrogen and oxygen atoms in total. The predicted molar refractivity (Wildman–Crippen MR) is 84.4 cm³/mol. The molecule has 0 bridgehead atoms. The zero-order valence-corrected chi connectivity index (χ0v) is 14.1. The maximum absolute atomic E-state index is 12.4. The second-order valence-corrected chi connectivity index (χ2v) is 5.14. The van der Waals surface area contributed by atoms with E-state index in [0.717, 1.165) is 9.36 Å². The van der Waals surface area contributed by atoms with Gasteiger partial charge in [-0.1, -0.05) is 5.21 Å². The molecule has 2 aromatic heterocycles. The minimum Gasteiger partial charge on any atom is -0.463 e. The summed E-state index contributed by atoms with van der Waals surface area (Å²) in [5.41, 5.74) is 4.97. The summed E-state index contributed by atoms with van der Waals surface area (Å²) in [4.78, 5) is 34.3. The van der Waals surface area contributed by atoms with E-state index in [-0.39, 0.29) is 36.8 Å². The topological polar surface area (TPSA) is 174 Å². The Bertz CT molecular complexity index is 843. The van der Waals surface area contributed by atoms with Gasteiger partial charge in [-0.25, -0.2) is 4.68 Å². The van der Waals surface area contributed by atoms with E-state index >= 15 is 0 Å². The van der Waals surface area contributed by atoms with Gasteiger partial charge in [0.15, 0.2) is 16.9 Å². The molecule has 2 rings (SSSR count). The third-order valence-corrected chi connectivity index (χ3v) is 3.15. The van der Waals surface area contributed by atoms with Crippen LogP contribution in [-0.4, -0.2) is 61.1 Å². The lowest BCUT2D eigenvalue weighted by Gasteiger charge is -2.17. The molecule has 0 saturated heterocycles. The number of ether oxygens (including phenoxy) is 3. The summed E-state index contributed by atoms with van der Waals surface area (Å²) in [6, 6.07) is 0. The number of hydrogen-bond donors (Lipinski definition) is 2. The van der Waals surface area contributed by atoms with Crippen LogP contribution in [0.5, 0.6) is 0 Å². The van der Waals surface area contributed by atoms with Gasteiger partial charge in [-0.2, -0.15) is 9.78 Å². The van der Waals surface area contributed by atoms with Crippen LogP contribution in [0.15, 0.2) is 4.79 Å². The van der Waals surface area contributed by atoms with Crippen molar-refractivity contribution in [3.8, 4) is 0 Å². The van der Waals surface area contributed by atoms with E-state index < -0.39 is 30.3 Å². The number of hydrogen-bond acceptors (Lipinski definition) is 11. The minimum atomic E-state index is -0.819. The van der Waals surface area contributed by atoms with Crippen molar-refractivity contribution in [3.05, 3.63) is 10.4 Å². The van der Waals surface area contributed by atoms with Gasteiger partial charge >= 0.3 is 11.9 Å². The number of carbonyl (C=O) groups excluding carboxylic acids is 2. The molecule has 0 amide bonds. The van der Waals surface area contributed by atoms with Crippen molar-refractivity contribution >= 4 is 28.8 Å². The lowest BCUT2D eigenvalue weighted by molar-refractivity contribution is -0.155. The largest absolute Gasteiger partial charge is 0.463 e. The Morgan fingerprint density at radius 2 is 1.81 bits per heavy atom. The Hall–Kier alpha value is -3.06. The maximum Gasteiger partial charge on any atom is 0.302 e. The van der Waals surface area contributed by atoms with Crippen LogP contribution in [0.3, 0.4) is 0 Å². The summed E-state index contributed by atoms with van der Waals surface area (Å²) in [7, 11) is 0. The quantitative estimate of drug-likeness (QED) is 0.491. The molecule has 0 aromatic carbocycles. The molecule has 0 fully saturated rings. The lowest BCUT2D eigenvalue weighted by atomic mass is 10.4. The number of aromatic nitrogens is 5. The van der Waals surface area contributed by atoms with Crippen LogP contribution in [0, 0.1) is 0 Å². The van der Waals surface area contributed by atoms with E-state index in [4.69, 9.17) is 19.9 Å². The average molecular weight is 370 g/mol. The number of carbonyl (C=O) groups is 2. The molecule has 0 aliphatic heterocycles. The van der Waals surface area contributed by atoms with Crippen molar-refractivity contribution in [2.45, 2.75) is 33.4 Å². The van der Waals surface area contributed by atoms with Gasteiger partial charge in [0.05, 0.1) is 0 Å². The van der Waals surface area contributed by atoms with Crippen molar-refractivity contribution < 1.29 is 28.9 Å². The molecular weight excluding hydrogens is 352 g/mol. The van der Waals surface area contributed by atoms with Gasteiger partial charge in [0, 0.05) is 13.8 Å². The molecule has 2 aromatic rings. The van der Waals surface area contributed by atoms with E-state index in [9.17, 15) is 19.5 Å². The number of aliphatic hydroxyl groups excluding tert-OH is 1. The third-order valence-electron chi connectivity index (χ3n) is 3.15. The molecular formula is C13H18N6O7. The summed E-state index contributed by atoms with van der Waals surface area (Å²) in [5.74, 6) is -1.13. The first-order valence-electron chi connectivity index (χ1n) is 7.42. The fourth-order valence-corrected chi connectivity index (χ4v) is 1.97. The Labute approximate surface area is 146 Å². The van der Waals surface area contributed by atoms with Crippen LogP contribution in [-0.2, 0) is 37.3 Å². The molecule has 26 heavy (non-hydrogen) atoms. The highest BCUT2D eigenvalue weighted by molar-refractivity contribution is 5.83. The second kappa shape index (κ2) is 8.35. The van der Waals surface area contributed by atoms with E-state index in [0.29, 0.717) is 0 Å². The predicted octanol–water partition coefficient (Wildman–Crippen LogP) is -2.01. The van der Waals surface area contributed by atoms with Crippen molar-refractivity contribution in [2.75, 3.05) is 18.9 Å². The second-order valence-electron chi connectivity index (χ2n) is 5.14. The number of nitrogen functional groups attached to an aromatic ring is 1. The Morgan fingerprint density at radius 3 is 2.35 bits per heavy atom. The molecule has 0 atom stereocenters. The first-order valence-corrected chi connectivity index (χ1v) is 7.42. The fourth-order valence-electron chi connectivity index (χ4n) is 1.97. The van der Waals surface area contributed by atoms with Gasteiger partial charge in [-0.3, -0.25) is 14.4 Å². The van der Waals surface area contributed by atoms with Crippen LogP contribution in [0.1, 0.15) is 13.8 Å². The highest BCUT2D eigenvalue weighted by Crippen LogP contribution is 2.12. The zero-order chi connectivity index (χ0) is 19.3. The summed E-state index contributed by atoms with van der Waals surface area (Å²) in [6.07, 6.45) is -0.819. The van der Waals surface area contributed by atoms with Crippen LogP contribution in [0.2, 0.25) is 0 Å². The van der Waals surface area contributed by atoms with E-state index in [2.05, 4.69) is 15.4 Å². The third kappa shape index (κ3) is 4.52. The number of aliphatic hydroxyl groups is 1. The molecule has 0 aliphatic carbocycles. The number of rotatable bonds is 8. The molecule has 13 heteroatoms. The van der Waals surface area contributed by atoms with Crippen molar-refractivity contribution in [2.24, 2.45) is 0 Å². The Kier molecular flexibility index (Phi) is 6.19. The van der Waals surface area contributed by atoms with E-state index in [1.165, 1.54) is 13.8 Å². The van der Waals surface area contributed by atoms with Crippen LogP contribution in [0.4, 0.5) is 5.82 Å². The van der Waals surface area contributed by atoms with Gasteiger partial charge in [0.25, 0.3) is 5.56 Å². The summed E-state index contributed by atoms with van der Waals surface area (Å²) >= 11 is 0. The van der Waals surface area contributed by atoms with Gasteiger partial charge in [-0.05, 0) is 0 Å². The number of esters is 2. The van der Waals surface area contributed by atoms with Gasteiger partial charge < -0.3 is 25.1 Å². The average Bonchev–Trinajstić information content (AvgIpc) is 2.92. The highest BCUT2D eigenvalue weighted by atomic mass is 16.6. The smallest absolute Gasteiger partial charge is 0.302 e. The Morgan fingerprint density at radius 1 is 1.19 bits per heavy atom. The maximum atomic E-state index is 12.4. The number of nitrogens with two attached hydrogens (primary N) is 1. The number of anilines is 1. The number of nitrogens with zero attached hydrogens (tertiary/aromatic N) is 5. The normalized spacial score (nSPS) is 11.1. The molecule has 142 valence electrons. The SMILES string of the molecule is CC(=O)OCC(COC(C)=O)OCn1nnc2c(N)nn(CO)c2c1=O. The molecule has 0 radical (unpaired) electrons. The van der Waals surface area contributed by atoms with Gasteiger partial charge in [-0.15, -0.1) is 5.10 Å². The number of fused-ring (bicyclic) bond motifs is 1. The molecule has 2 heterocycles. The molecule has 0 saturated carbocycles. The lowest BCUT2D eigenvalue weighted by Crippen LogP contribution is -2.33. The molecule has 3 N–H and O–H groups in total. The first-order chi connectivity index (χ1) is 12.3. The van der Waals surface area contributed by atoms with Gasteiger partial charge in [0.1, 0.15) is 32.8 Å². The summed E-state index contributed by atoms with van der Waals surface area (Å²) < 4.78 is 16.9. The highest BCUT2D eigenvalue weighted by Gasteiger charge is 2.18. The van der Waals surface area contributed by atoms with E-state index in [1.807, 2.05) is 0 Å². The molecule has 0 unspecified atom stereocenters. The van der Waals surface area contributed by atoms with E-state index in [1.54, 1.807) is 0 Å². The van der Waals surface area contributed by atoms with Crippen molar-refractivity contribution in [3.63, 3.8) is 0 Å². The first kappa shape index (κ1) is 19.3. The molecule has 0 spiro atoms.